The normalized spacial score (nSPS) is 18.1. The number of nitrogens with zero attached hydrogens (tertiary/aromatic N) is 3. The molecule has 120 valence electrons. The zero-order valence-electron chi connectivity index (χ0n) is 13.8. The van der Waals surface area contributed by atoms with E-state index in [2.05, 4.69) is 28.3 Å². The summed E-state index contributed by atoms with van der Waals surface area (Å²) in [6.45, 7) is 13.6. The van der Waals surface area contributed by atoms with Gasteiger partial charge in [-0.15, -0.1) is 0 Å². The fraction of sp³-hybridized carbons (Fsp3) is 0.812. The molecule has 21 heavy (non-hydrogen) atoms. The Kier molecular flexibility index (Phi) is 5.07. The third-order valence-corrected chi connectivity index (χ3v) is 4.01. The Morgan fingerprint density at radius 3 is 2.52 bits per heavy atom. The van der Waals surface area contributed by atoms with Crippen LogP contribution in [0.25, 0.3) is 0 Å². The third kappa shape index (κ3) is 4.80. The van der Waals surface area contributed by atoms with Crippen molar-refractivity contribution in [1.29, 1.82) is 0 Å². The number of imidazole rings is 1. The van der Waals surface area contributed by atoms with E-state index in [0.29, 0.717) is 0 Å². The van der Waals surface area contributed by atoms with Crippen LogP contribution in [0.2, 0.25) is 0 Å². The maximum Gasteiger partial charge on any atom is 0.115 e. The molecule has 1 aliphatic heterocycles. The van der Waals surface area contributed by atoms with Crippen LogP contribution in [0.15, 0.2) is 12.4 Å². The van der Waals surface area contributed by atoms with Gasteiger partial charge in [-0.05, 0) is 20.3 Å². The fourth-order valence-corrected chi connectivity index (χ4v) is 2.86. The second-order valence-electron chi connectivity index (χ2n) is 7.28. The largest absolute Gasteiger partial charge is 0.390 e. The molecule has 1 fully saturated rings. The Labute approximate surface area is 127 Å². The van der Waals surface area contributed by atoms with Crippen molar-refractivity contribution in [2.24, 2.45) is 0 Å². The van der Waals surface area contributed by atoms with Crippen molar-refractivity contribution in [2.75, 3.05) is 32.8 Å². The van der Waals surface area contributed by atoms with Gasteiger partial charge in [0.05, 0.1) is 18.8 Å². The molecule has 0 unspecified atom stereocenters. The number of aryl methyl sites for hydroxylation is 1. The van der Waals surface area contributed by atoms with E-state index in [1.54, 1.807) is 0 Å². The molecule has 1 aromatic rings. The minimum Gasteiger partial charge on any atom is -0.390 e. The van der Waals surface area contributed by atoms with E-state index in [1.165, 1.54) is 0 Å². The molecule has 5 nitrogen and oxygen atoms in total. The lowest BCUT2D eigenvalue weighted by molar-refractivity contribution is 0.0283. The number of ether oxygens (including phenoxy) is 1. The van der Waals surface area contributed by atoms with Crippen molar-refractivity contribution in [2.45, 2.75) is 51.7 Å². The van der Waals surface area contributed by atoms with Gasteiger partial charge < -0.3 is 14.4 Å². The summed E-state index contributed by atoms with van der Waals surface area (Å²) in [6.07, 6.45) is 4.60. The van der Waals surface area contributed by atoms with Gasteiger partial charge in [0, 0.05) is 44.0 Å². The molecule has 0 spiro atoms. The van der Waals surface area contributed by atoms with E-state index < -0.39 is 5.60 Å². The maximum atomic E-state index is 9.92. The number of morpholine rings is 1. The SMILES string of the molecule is CC(C)(O)CCn1ccnc1C(C)(C)CN1CCOCC1. The minimum atomic E-state index is -0.643. The van der Waals surface area contributed by atoms with Gasteiger partial charge in [-0.1, -0.05) is 13.8 Å². The molecule has 2 heterocycles. The summed E-state index contributed by atoms with van der Waals surface area (Å²) < 4.78 is 7.59. The van der Waals surface area contributed by atoms with Crippen LogP contribution in [0.5, 0.6) is 0 Å². The Hall–Kier alpha value is -0.910. The zero-order valence-corrected chi connectivity index (χ0v) is 13.8. The van der Waals surface area contributed by atoms with E-state index >= 15 is 0 Å². The summed E-state index contributed by atoms with van der Waals surface area (Å²) >= 11 is 0. The van der Waals surface area contributed by atoms with Gasteiger partial charge in [0.25, 0.3) is 0 Å². The first-order chi connectivity index (χ1) is 9.78. The Balaban J connectivity index is 2.03. The maximum absolute atomic E-state index is 9.92. The van der Waals surface area contributed by atoms with Gasteiger partial charge >= 0.3 is 0 Å². The molecule has 5 heteroatoms. The van der Waals surface area contributed by atoms with Crippen LogP contribution in [0.3, 0.4) is 0 Å². The van der Waals surface area contributed by atoms with Crippen LogP contribution in [0, 0.1) is 0 Å². The van der Waals surface area contributed by atoms with Crippen LogP contribution in [0.4, 0.5) is 0 Å². The summed E-state index contributed by atoms with van der Waals surface area (Å²) in [6, 6.07) is 0. The van der Waals surface area contributed by atoms with Crippen molar-refractivity contribution in [1.82, 2.24) is 14.5 Å². The minimum absolute atomic E-state index is 0.0135. The Bertz CT molecular complexity index is 443. The number of hydrogen-bond acceptors (Lipinski definition) is 4. The van der Waals surface area contributed by atoms with Gasteiger partial charge in [0.2, 0.25) is 0 Å². The quantitative estimate of drug-likeness (QED) is 0.867. The highest BCUT2D eigenvalue weighted by Gasteiger charge is 2.29. The second-order valence-corrected chi connectivity index (χ2v) is 7.28. The molecule has 0 amide bonds. The number of rotatable bonds is 6. The molecule has 1 aromatic heterocycles. The summed E-state index contributed by atoms with van der Waals surface area (Å²) in [4.78, 5) is 7.02. The topological polar surface area (TPSA) is 50.5 Å². The van der Waals surface area contributed by atoms with E-state index in [4.69, 9.17) is 4.74 Å². The molecule has 1 saturated heterocycles. The molecular formula is C16H29N3O2. The molecular weight excluding hydrogens is 266 g/mol. The number of hydrogen-bond donors (Lipinski definition) is 1. The lowest BCUT2D eigenvalue weighted by atomic mass is 9.91. The molecule has 0 aromatic carbocycles. The third-order valence-electron chi connectivity index (χ3n) is 4.01. The summed E-state index contributed by atoms with van der Waals surface area (Å²) in [7, 11) is 0. The molecule has 0 saturated carbocycles. The van der Waals surface area contributed by atoms with Crippen LogP contribution >= 0.6 is 0 Å². The van der Waals surface area contributed by atoms with E-state index in [1.807, 2.05) is 26.2 Å². The molecule has 0 aliphatic carbocycles. The van der Waals surface area contributed by atoms with Crippen LogP contribution in [-0.2, 0) is 16.7 Å². The van der Waals surface area contributed by atoms with Crippen molar-refractivity contribution in [3.05, 3.63) is 18.2 Å². The van der Waals surface area contributed by atoms with Crippen molar-refractivity contribution in [3.63, 3.8) is 0 Å². The number of aromatic nitrogens is 2. The van der Waals surface area contributed by atoms with Gasteiger partial charge in [-0.3, -0.25) is 4.90 Å². The van der Waals surface area contributed by atoms with Gasteiger partial charge in [-0.2, -0.15) is 0 Å². The summed E-state index contributed by atoms with van der Waals surface area (Å²) in [5, 5.41) is 9.92. The highest BCUT2D eigenvalue weighted by Crippen LogP contribution is 2.24. The standard InChI is InChI=1S/C16H29N3O2/c1-15(2,13-18-9-11-21-12-10-18)14-17-6-8-19(14)7-5-16(3,4)20/h6,8,20H,5,7,9-13H2,1-4H3. The van der Waals surface area contributed by atoms with Gasteiger partial charge in [0.15, 0.2) is 0 Å². The molecule has 2 rings (SSSR count). The predicted octanol–water partition coefficient (Wildman–Crippen LogP) is 1.65. The second kappa shape index (κ2) is 6.46. The highest BCUT2D eigenvalue weighted by atomic mass is 16.5. The lowest BCUT2D eigenvalue weighted by Gasteiger charge is -2.34. The van der Waals surface area contributed by atoms with Crippen molar-refractivity contribution < 1.29 is 9.84 Å². The first-order valence-electron chi connectivity index (χ1n) is 7.82. The van der Waals surface area contributed by atoms with Gasteiger partial charge in [-0.25, -0.2) is 4.98 Å². The molecule has 1 aliphatic rings. The first-order valence-corrected chi connectivity index (χ1v) is 7.82. The van der Waals surface area contributed by atoms with Gasteiger partial charge in [0.1, 0.15) is 5.82 Å². The smallest absolute Gasteiger partial charge is 0.115 e. The number of aliphatic hydroxyl groups is 1. The fourth-order valence-electron chi connectivity index (χ4n) is 2.86. The average Bonchev–Trinajstić information content (AvgIpc) is 2.85. The first kappa shape index (κ1) is 16.5. The van der Waals surface area contributed by atoms with Crippen molar-refractivity contribution >= 4 is 0 Å². The molecule has 0 bridgehead atoms. The van der Waals surface area contributed by atoms with Crippen molar-refractivity contribution in [3.8, 4) is 0 Å². The molecule has 1 N–H and O–H groups in total. The predicted molar refractivity (Wildman–Crippen MR) is 83.4 cm³/mol. The van der Waals surface area contributed by atoms with Crippen LogP contribution in [-0.4, -0.2) is 58.0 Å². The van der Waals surface area contributed by atoms with Crippen LogP contribution < -0.4 is 0 Å². The summed E-state index contributed by atoms with van der Waals surface area (Å²) in [5.74, 6) is 1.10. The Morgan fingerprint density at radius 1 is 1.24 bits per heavy atom. The summed E-state index contributed by atoms with van der Waals surface area (Å²) in [5.41, 5.74) is -0.656. The van der Waals surface area contributed by atoms with E-state index in [-0.39, 0.29) is 5.41 Å². The molecule has 0 atom stereocenters. The molecule has 0 radical (unpaired) electrons. The van der Waals surface area contributed by atoms with E-state index in [9.17, 15) is 5.11 Å². The monoisotopic (exact) mass is 295 g/mol. The van der Waals surface area contributed by atoms with Crippen LogP contribution in [0.1, 0.15) is 39.9 Å². The van der Waals surface area contributed by atoms with E-state index in [0.717, 1.165) is 51.6 Å². The zero-order chi connectivity index (χ0) is 15.5. The lowest BCUT2D eigenvalue weighted by Crippen LogP contribution is -2.44. The highest BCUT2D eigenvalue weighted by molar-refractivity contribution is 5.08. The Morgan fingerprint density at radius 2 is 1.90 bits per heavy atom. The average molecular weight is 295 g/mol.